The summed E-state index contributed by atoms with van der Waals surface area (Å²) in [7, 11) is 1.55. The topological polar surface area (TPSA) is 87.7 Å². The van der Waals surface area contributed by atoms with Crippen molar-refractivity contribution in [1.82, 2.24) is 15.5 Å². The lowest BCUT2D eigenvalue weighted by atomic mass is 9.88. The fourth-order valence-corrected chi connectivity index (χ4v) is 4.22. The van der Waals surface area contributed by atoms with E-state index in [1.165, 1.54) is 0 Å². The van der Waals surface area contributed by atoms with Crippen LogP contribution < -0.4 is 15.4 Å². The van der Waals surface area contributed by atoms with Gasteiger partial charge in [0, 0.05) is 30.3 Å². The highest BCUT2D eigenvalue weighted by Crippen LogP contribution is 2.24. The van der Waals surface area contributed by atoms with Crippen LogP contribution in [0.4, 0.5) is 0 Å². The molecule has 1 aliphatic heterocycles. The number of likely N-dealkylation sites (tertiary alicyclic amines) is 1. The molecule has 3 rings (SSSR count). The van der Waals surface area contributed by atoms with E-state index in [-0.39, 0.29) is 29.7 Å². The van der Waals surface area contributed by atoms with Gasteiger partial charge >= 0.3 is 0 Å². The molecule has 0 aromatic heterocycles. The molecule has 2 aromatic rings. The molecule has 1 fully saturated rings. The number of piperidine rings is 1. The zero-order valence-electron chi connectivity index (χ0n) is 20.5. The molecule has 0 spiro atoms. The number of carbonyl (C=O) groups excluding carboxylic acids is 3. The standard InChI is InChI=1S/C27H35N3O4/c1-5-19(3)28-26(32)24(29-25(31)21-9-7-11-23(17-21)34-4)20-12-14-30(15-13-20)27(33)22-10-6-8-18(2)16-22/h6-11,16-17,19-20,24H,5,12-15H2,1-4H3,(H,28,32)(H,29,31)/t19-,24-/m0/s1. The Morgan fingerprint density at radius 3 is 2.35 bits per heavy atom. The molecule has 2 N–H and O–H groups in total. The van der Waals surface area contributed by atoms with E-state index in [9.17, 15) is 14.4 Å². The lowest BCUT2D eigenvalue weighted by molar-refractivity contribution is -0.125. The lowest BCUT2D eigenvalue weighted by Gasteiger charge is -2.36. The first-order valence-corrected chi connectivity index (χ1v) is 11.9. The molecular formula is C27H35N3O4. The minimum absolute atomic E-state index is 0.00294. The Bertz CT molecular complexity index is 1010. The van der Waals surface area contributed by atoms with Crippen molar-refractivity contribution in [3.8, 4) is 5.75 Å². The quantitative estimate of drug-likeness (QED) is 0.624. The molecule has 0 radical (unpaired) electrons. The Morgan fingerprint density at radius 2 is 1.71 bits per heavy atom. The van der Waals surface area contributed by atoms with Crippen LogP contribution in [0.3, 0.4) is 0 Å². The smallest absolute Gasteiger partial charge is 0.253 e. The predicted molar refractivity (Wildman–Crippen MR) is 132 cm³/mol. The van der Waals surface area contributed by atoms with Gasteiger partial charge < -0.3 is 20.3 Å². The summed E-state index contributed by atoms with van der Waals surface area (Å²) in [4.78, 5) is 40.9. The zero-order chi connectivity index (χ0) is 24.7. The fourth-order valence-electron chi connectivity index (χ4n) is 4.22. The summed E-state index contributed by atoms with van der Waals surface area (Å²) in [5, 5.41) is 5.97. The minimum Gasteiger partial charge on any atom is -0.497 e. The number of hydrogen-bond donors (Lipinski definition) is 2. The number of ether oxygens (including phenoxy) is 1. The van der Waals surface area contributed by atoms with Gasteiger partial charge in [0.15, 0.2) is 0 Å². The van der Waals surface area contributed by atoms with Crippen molar-refractivity contribution in [2.24, 2.45) is 5.92 Å². The van der Waals surface area contributed by atoms with Crippen LogP contribution in [0.15, 0.2) is 48.5 Å². The predicted octanol–water partition coefficient (Wildman–Crippen LogP) is 3.57. The molecule has 7 heteroatoms. The van der Waals surface area contributed by atoms with Crippen molar-refractivity contribution < 1.29 is 19.1 Å². The van der Waals surface area contributed by atoms with E-state index in [1.807, 2.05) is 49.9 Å². The third-order valence-corrected chi connectivity index (χ3v) is 6.47. The zero-order valence-corrected chi connectivity index (χ0v) is 20.5. The SMILES string of the molecule is CC[C@H](C)NC(=O)[C@@H](NC(=O)c1cccc(OC)c1)C1CCN(C(=O)c2cccc(C)c2)CC1. The number of benzene rings is 2. The minimum atomic E-state index is -0.677. The van der Waals surface area contributed by atoms with Crippen LogP contribution in [0.1, 0.15) is 59.4 Å². The molecule has 7 nitrogen and oxygen atoms in total. The second-order valence-corrected chi connectivity index (χ2v) is 9.00. The number of amides is 3. The molecule has 0 bridgehead atoms. The van der Waals surface area contributed by atoms with E-state index in [2.05, 4.69) is 10.6 Å². The number of hydrogen-bond acceptors (Lipinski definition) is 4. The van der Waals surface area contributed by atoms with Crippen molar-refractivity contribution in [2.75, 3.05) is 20.2 Å². The molecule has 182 valence electrons. The van der Waals surface area contributed by atoms with Crippen molar-refractivity contribution >= 4 is 17.7 Å². The number of nitrogens with one attached hydrogen (secondary N) is 2. The van der Waals surface area contributed by atoms with E-state index in [4.69, 9.17) is 4.74 Å². The van der Waals surface area contributed by atoms with E-state index in [0.29, 0.717) is 42.8 Å². The maximum absolute atomic E-state index is 13.1. The van der Waals surface area contributed by atoms with Crippen LogP contribution in [0.25, 0.3) is 0 Å². The Morgan fingerprint density at radius 1 is 1.03 bits per heavy atom. The third-order valence-electron chi connectivity index (χ3n) is 6.47. The summed E-state index contributed by atoms with van der Waals surface area (Å²) in [6.07, 6.45) is 2.06. The lowest BCUT2D eigenvalue weighted by Crippen LogP contribution is -2.55. The Labute approximate surface area is 201 Å². The maximum Gasteiger partial charge on any atom is 0.253 e. The van der Waals surface area contributed by atoms with Crippen LogP contribution in [-0.2, 0) is 4.79 Å². The largest absolute Gasteiger partial charge is 0.497 e. The fraction of sp³-hybridized carbons (Fsp3) is 0.444. The average molecular weight is 466 g/mol. The third kappa shape index (κ3) is 6.37. The molecule has 0 aliphatic carbocycles. The summed E-state index contributed by atoms with van der Waals surface area (Å²) in [6.45, 7) is 7.00. The van der Waals surface area contributed by atoms with Gasteiger partial charge in [-0.05, 0) is 69.4 Å². The van der Waals surface area contributed by atoms with Crippen LogP contribution in [0.5, 0.6) is 5.75 Å². The summed E-state index contributed by atoms with van der Waals surface area (Å²) in [6, 6.07) is 13.8. The second-order valence-electron chi connectivity index (χ2n) is 9.00. The molecular weight excluding hydrogens is 430 g/mol. The van der Waals surface area contributed by atoms with Crippen LogP contribution in [0.2, 0.25) is 0 Å². The van der Waals surface area contributed by atoms with E-state index < -0.39 is 6.04 Å². The van der Waals surface area contributed by atoms with E-state index in [1.54, 1.807) is 31.4 Å². The summed E-state index contributed by atoms with van der Waals surface area (Å²) >= 11 is 0. The molecule has 1 heterocycles. The molecule has 0 saturated carbocycles. The van der Waals surface area contributed by atoms with Gasteiger partial charge in [0.1, 0.15) is 11.8 Å². The molecule has 2 atom stereocenters. The molecule has 0 unspecified atom stereocenters. The first kappa shape index (κ1) is 25.3. The van der Waals surface area contributed by atoms with Crippen molar-refractivity contribution in [1.29, 1.82) is 0 Å². The number of carbonyl (C=O) groups is 3. The molecule has 3 amide bonds. The maximum atomic E-state index is 13.1. The van der Waals surface area contributed by atoms with Crippen LogP contribution in [0, 0.1) is 12.8 Å². The Kier molecular flexibility index (Phi) is 8.68. The number of methoxy groups -OCH3 is 1. The molecule has 2 aromatic carbocycles. The van der Waals surface area contributed by atoms with E-state index >= 15 is 0 Å². The van der Waals surface area contributed by atoms with E-state index in [0.717, 1.165) is 12.0 Å². The molecule has 1 aliphatic rings. The summed E-state index contributed by atoms with van der Waals surface area (Å²) < 4.78 is 5.22. The van der Waals surface area contributed by atoms with Crippen LogP contribution in [-0.4, -0.2) is 54.9 Å². The van der Waals surface area contributed by atoms with Gasteiger partial charge in [-0.15, -0.1) is 0 Å². The van der Waals surface area contributed by atoms with Crippen molar-refractivity contribution in [2.45, 2.75) is 52.1 Å². The van der Waals surface area contributed by atoms with Gasteiger partial charge in [-0.25, -0.2) is 0 Å². The van der Waals surface area contributed by atoms with Gasteiger partial charge in [0.05, 0.1) is 7.11 Å². The highest BCUT2D eigenvalue weighted by molar-refractivity contribution is 5.98. The number of rotatable bonds is 8. The first-order chi connectivity index (χ1) is 16.3. The van der Waals surface area contributed by atoms with Gasteiger partial charge in [-0.1, -0.05) is 30.7 Å². The van der Waals surface area contributed by atoms with Gasteiger partial charge in [0.2, 0.25) is 5.91 Å². The first-order valence-electron chi connectivity index (χ1n) is 11.9. The average Bonchev–Trinajstić information content (AvgIpc) is 2.86. The Balaban J connectivity index is 1.71. The highest BCUT2D eigenvalue weighted by Gasteiger charge is 2.34. The van der Waals surface area contributed by atoms with Crippen molar-refractivity contribution in [3.63, 3.8) is 0 Å². The highest BCUT2D eigenvalue weighted by atomic mass is 16.5. The normalized spacial score (nSPS) is 15.8. The molecule has 1 saturated heterocycles. The summed E-state index contributed by atoms with van der Waals surface area (Å²) in [5.41, 5.74) is 2.16. The Hall–Kier alpha value is -3.35. The second kappa shape index (κ2) is 11.7. The number of aryl methyl sites for hydroxylation is 1. The van der Waals surface area contributed by atoms with Gasteiger partial charge in [-0.2, -0.15) is 0 Å². The van der Waals surface area contributed by atoms with Crippen molar-refractivity contribution in [3.05, 3.63) is 65.2 Å². The molecule has 34 heavy (non-hydrogen) atoms. The monoisotopic (exact) mass is 465 g/mol. The van der Waals surface area contributed by atoms with Gasteiger partial charge in [0.25, 0.3) is 11.8 Å². The summed E-state index contributed by atoms with van der Waals surface area (Å²) in [5.74, 6) is 0.00935. The van der Waals surface area contributed by atoms with Gasteiger partial charge in [-0.3, -0.25) is 14.4 Å². The number of nitrogens with zero attached hydrogens (tertiary/aromatic N) is 1. The van der Waals surface area contributed by atoms with Crippen LogP contribution >= 0.6 is 0 Å².